The maximum Gasteiger partial charge on any atom is 0.334 e. The molecule has 0 amide bonds. The van der Waals surface area contributed by atoms with Gasteiger partial charge in [0.2, 0.25) is 0 Å². The highest BCUT2D eigenvalue weighted by molar-refractivity contribution is 6.00. The zero-order valence-corrected chi connectivity index (χ0v) is 15.9. The lowest BCUT2D eigenvalue weighted by Gasteiger charge is -2.44. The molecule has 0 aliphatic carbocycles. The number of nitro groups is 1. The number of carboxylic acids is 2. The van der Waals surface area contributed by atoms with Gasteiger partial charge >= 0.3 is 11.9 Å². The van der Waals surface area contributed by atoms with Gasteiger partial charge in [-0.15, -0.1) is 0 Å². The molecular weight excluding hydrogens is 366 g/mol. The summed E-state index contributed by atoms with van der Waals surface area (Å²) in [6.07, 6.45) is 0.0792. The Bertz CT molecular complexity index is 905. The Morgan fingerprint density at radius 1 is 1.21 bits per heavy atom. The van der Waals surface area contributed by atoms with E-state index in [1.54, 1.807) is 25.7 Å². The Kier molecular flexibility index (Phi) is 5.89. The Balaban J connectivity index is 3.04. The molecule has 0 saturated carbocycles. The third-order valence-corrected chi connectivity index (χ3v) is 5.25. The summed E-state index contributed by atoms with van der Waals surface area (Å²) >= 11 is 0. The molecule has 1 aliphatic heterocycles. The summed E-state index contributed by atoms with van der Waals surface area (Å²) < 4.78 is 0. The molecule has 0 spiro atoms. The Morgan fingerprint density at radius 2 is 1.82 bits per heavy atom. The van der Waals surface area contributed by atoms with Crippen LogP contribution in [0.5, 0.6) is 0 Å². The van der Waals surface area contributed by atoms with Gasteiger partial charge in [-0.3, -0.25) is 10.1 Å². The fraction of sp³-hybridized carbons (Fsp3) is 0.368. The van der Waals surface area contributed by atoms with Crippen LogP contribution in [0.15, 0.2) is 46.8 Å². The van der Waals surface area contributed by atoms with E-state index in [0.29, 0.717) is 17.9 Å². The van der Waals surface area contributed by atoms with Crippen LogP contribution in [0.1, 0.15) is 32.8 Å². The fourth-order valence-electron chi connectivity index (χ4n) is 4.17. The van der Waals surface area contributed by atoms with Gasteiger partial charge in [0.25, 0.3) is 5.69 Å². The van der Waals surface area contributed by atoms with Gasteiger partial charge in [0.15, 0.2) is 0 Å². The number of rotatable bonds is 7. The van der Waals surface area contributed by atoms with Crippen molar-refractivity contribution < 1.29 is 24.7 Å². The van der Waals surface area contributed by atoms with Crippen molar-refractivity contribution in [3.05, 3.63) is 62.5 Å². The van der Waals surface area contributed by atoms with Gasteiger partial charge < -0.3 is 20.8 Å². The number of hydrogen-bond donors (Lipinski definition) is 3. The molecule has 4 N–H and O–H groups in total. The molecule has 150 valence electrons. The normalized spacial score (nSPS) is 19.8. The van der Waals surface area contributed by atoms with Gasteiger partial charge in [-0.25, -0.2) is 9.59 Å². The van der Waals surface area contributed by atoms with E-state index in [9.17, 15) is 29.9 Å². The molecule has 1 aliphatic rings. The molecule has 1 atom stereocenters. The lowest BCUT2D eigenvalue weighted by atomic mass is 9.63. The molecule has 0 bridgehead atoms. The molecule has 9 heteroatoms. The second-order valence-electron chi connectivity index (χ2n) is 6.41. The van der Waals surface area contributed by atoms with E-state index < -0.39 is 22.3 Å². The molecular formula is C19H23N3O6. The molecule has 1 aromatic carbocycles. The van der Waals surface area contributed by atoms with Gasteiger partial charge in [-0.05, 0) is 25.8 Å². The number of likely N-dealkylation sites (N-methyl/N-ethyl adjacent to an activating group) is 1. The van der Waals surface area contributed by atoms with E-state index in [0.717, 1.165) is 0 Å². The van der Waals surface area contributed by atoms with Crippen molar-refractivity contribution in [1.29, 1.82) is 0 Å². The van der Waals surface area contributed by atoms with Crippen molar-refractivity contribution in [2.24, 2.45) is 5.73 Å². The van der Waals surface area contributed by atoms with E-state index in [4.69, 9.17) is 5.73 Å². The standard InChI is InChI=1S/C19H23N3O6/c1-4-19(12-7-6-8-13(9-12)22(27)28)15(17(23)24)11(3)21(5-2)14(10-20)16(19)18(25)26/h6-9H,4-5,10,20H2,1-3H3,(H,23,24)(H,25,26). The molecule has 9 nitrogen and oxygen atoms in total. The monoisotopic (exact) mass is 389 g/mol. The number of non-ortho nitro benzene ring substituents is 1. The predicted octanol–water partition coefficient (Wildman–Crippen LogP) is 2.23. The summed E-state index contributed by atoms with van der Waals surface area (Å²) in [6.45, 7) is 5.25. The fourth-order valence-corrected chi connectivity index (χ4v) is 4.17. The average molecular weight is 389 g/mol. The van der Waals surface area contributed by atoms with E-state index in [-0.39, 0.29) is 35.4 Å². The number of nitrogens with zero attached hydrogens (tertiary/aromatic N) is 2. The van der Waals surface area contributed by atoms with Gasteiger partial charge in [-0.1, -0.05) is 19.1 Å². The first kappa shape index (κ1) is 21.1. The Morgan fingerprint density at radius 3 is 2.25 bits per heavy atom. The van der Waals surface area contributed by atoms with Crippen LogP contribution in [-0.2, 0) is 15.0 Å². The van der Waals surface area contributed by atoms with Crippen LogP contribution in [0.4, 0.5) is 5.69 Å². The van der Waals surface area contributed by atoms with Gasteiger partial charge in [0, 0.05) is 36.6 Å². The van der Waals surface area contributed by atoms with Crippen LogP contribution < -0.4 is 5.73 Å². The zero-order valence-electron chi connectivity index (χ0n) is 15.9. The third kappa shape index (κ3) is 3.03. The number of nitrogens with two attached hydrogens (primary N) is 1. The maximum absolute atomic E-state index is 12.3. The van der Waals surface area contributed by atoms with E-state index in [1.165, 1.54) is 24.3 Å². The van der Waals surface area contributed by atoms with Gasteiger partial charge in [0.05, 0.1) is 21.5 Å². The molecule has 1 unspecified atom stereocenters. The number of nitro benzene ring substituents is 1. The minimum atomic E-state index is -1.58. The van der Waals surface area contributed by atoms with Crippen molar-refractivity contribution in [3.63, 3.8) is 0 Å². The van der Waals surface area contributed by atoms with E-state index in [1.807, 2.05) is 0 Å². The molecule has 1 heterocycles. The van der Waals surface area contributed by atoms with E-state index in [2.05, 4.69) is 0 Å². The SMILES string of the molecule is CCN1C(C)=C(C(=O)O)C(CC)(c2cccc([N+](=O)[O-])c2)C(C(=O)O)=C1CN. The highest BCUT2D eigenvalue weighted by Crippen LogP contribution is 2.49. The lowest BCUT2D eigenvalue weighted by molar-refractivity contribution is -0.385. The number of hydrogen-bond acceptors (Lipinski definition) is 6. The van der Waals surface area contributed by atoms with Crippen LogP contribution in [0.25, 0.3) is 0 Å². The topological polar surface area (TPSA) is 147 Å². The highest BCUT2D eigenvalue weighted by atomic mass is 16.6. The highest BCUT2D eigenvalue weighted by Gasteiger charge is 2.51. The van der Waals surface area contributed by atoms with Crippen molar-refractivity contribution in [1.82, 2.24) is 4.90 Å². The second-order valence-corrected chi connectivity index (χ2v) is 6.41. The van der Waals surface area contributed by atoms with Crippen LogP contribution in [0, 0.1) is 10.1 Å². The first-order valence-electron chi connectivity index (χ1n) is 8.81. The minimum absolute atomic E-state index is 0.0792. The molecule has 28 heavy (non-hydrogen) atoms. The largest absolute Gasteiger partial charge is 0.478 e. The van der Waals surface area contributed by atoms with Crippen LogP contribution >= 0.6 is 0 Å². The quantitative estimate of drug-likeness (QED) is 0.475. The summed E-state index contributed by atoms with van der Waals surface area (Å²) in [5, 5.41) is 31.3. The van der Waals surface area contributed by atoms with Gasteiger partial charge in [0.1, 0.15) is 0 Å². The average Bonchev–Trinajstić information content (AvgIpc) is 2.65. The number of benzene rings is 1. The Labute approximate surface area is 161 Å². The summed E-state index contributed by atoms with van der Waals surface area (Å²) in [7, 11) is 0. The summed E-state index contributed by atoms with van der Waals surface area (Å²) in [4.78, 5) is 36.9. The molecule has 0 radical (unpaired) electrons. The van der Waals surface area contributed by atoms with Gasteiger partial charge in [-0.2, -0.15) is 0 Å². The first-order chi connectivity index (χ1) is 13.2. The summed E-state index contributed by atoms with van der Waals surface area (Å²) in [6, 6.07) is 5.45. The summed E-state index contributed by atoms with van der Waals surface area (Å²) in [5.74, 6) is -2.59. The van der Waals surface area contributed by atoms with E-state index >= 15 is 0 Å². The second kappa shape index (κ2) is 7.81. The van der Waals surface area contributed by atoms with Crippen molar-refractivity contribution in [2.75, 3.05) is 13.1 Å². The van der Waals surface area contributed by atoms with Crippen molar-refractivity contribution in [2.45, 2.75) is 32.6 Å². The number of aliphatic carboxylic acids is 2. The third-order valence-electron chi connectivity index (χ3n) is 5.25. The summed E-state index contributed by atoms with van der Waals surface area (Å²) in [5.41, 5.74) is 4.67. The smallest absolute Gasteiger partial charge is 0.334 e. The first-order valence-corrected chi connectivity index (χ1v) is 8.81. The predicted molar refractivity (Wildman–Crippen MR) is 101 cm³/mol. The minimum Gasteiger partial charge on any atom is -0.478 e. The number of allylic oxidation sites excluding steroid dienone is 1. The van der Waals surface area contributed by atoms with Crippen molar-refractivity contribution >= 4 is 17.6 Å². The van der Waals surface area contributed by atoms with Crippen LogP contribution in [-0.4, -0.2) is 45.1 Å². The Hall–Kier alpha value is -3.20. The zero-order chi connectivity index (χ0) is 21.2. The maximum atomic E-state index is 12.3. The lowest BCUT2D eigenvalue weighted by Crippen LogP contribution is -2.47. The number of carboxylic acid groups (broad SMARTS) is 2. The van der Waals surface area contributed by atoms with Crippen LogP contribution in [0.2, 0.25) is 0 Å². The molecule has 1 aromatic rings. The van der Waals surface area contributed by atoms with Crippen LogP contribution in [0.3, 0.4) is 0 Å². The molecule has 0 aromatic heterocycles. The molecule has 0 saturated heterocycles. The number of carbonyl (C=O) groups is 2. The van der Waals surface area contributed by atoms with Crippen molar-refractivity contribution in [3.8, 4) is 0 Å². The molecule has 0 fully saturated rings. The molecule has 2 rings (SSSR count).